The Morgan fingerprint density at radius 3 is 3.00 bits per heavy atom. The van der Waals surface area contributed by atoms with Crippen LogP contribution >= 0.6 is 11.6 Å². The van der Waals surface area contributed by atoms with Crippen molar-refractivity contribution < 1.29 is 4.39 Å². The molecule has 0 aromatic heterocycles. The Hall–Kier alpha value is -1.02. The van der Waals surface area contributed by atoms with Crippen molar-refractivity contribution in [3.05, 3.63) is 34.6 Å². The van der Waals surface area contributed by atoms with Gasteiger partial charge in [-0.3, -0.25) is 0 Å². The first-order valence-electron chi connectivity index (χ1n) is 5.02. The molecular formula is C12H13ClFN. The van der Waals surface area contributed by atoms with Gasteiger partial charge in [-0.05, 0) is 37.0 Å². The second-order valence-corrected chi connectivity index (χ2v) is 4.29. The average Bonchev–Trinajstić information content (AvgIpc) is 2.19. The van der Waals surface area contributed by atoms with Crippen molar-refractivity contribution in [1.82, 2.24) is 0 Å². The molecule has 0 unspecified atom stereocenters. The highest BCUT2D eigenvalue weighted by atomic mass is 35.5. The van der Waals surface area contributed by atoms with Crippen molar-refractivity contribution >= 4 is 22.9 Å². The number of hydrogen-bond acceptors (Lipinski definition) is 1. The van der Waals surface area contributed by atoms with E-state index < -0.39 is 0 Å². The van der Waals surface area contributed by atoms with E-state index in [-0.39, 0.29) is 10.8 Å². The van der Waals surface area contributed by atoms with Crippen molar-refractivity contribution in [2.75, 3.05) is 11.9 Å². The zero-order valence-electron chi connectivity index (χ0n) is 8.66. The zero-order chi connectivity index (χ0) is 11.0. The Morgan fingerprint density at radius 1 is 1.60 bits per heavy atom. The summed E-state index contributed by atoms with van der Waals surface area (Å²) in [5.74, 6) is -0.341. The lowest BCUT2D eigenvalue weighted by Crippen LogP contribution is -2.14. The summed E-state index contributed by atoms with van der Waals surface area (Å²) < 4.78 is 13.8. The van der Waals surface area contributed by atoms with Crippen molar-refractivity contribution in [3.63, 3.8) is 0 Å². The van der Waals surface area contributed by atoms with Crippen LogP contribution in [-0.4, -0.2) is 6.54 Å². The van der Waals surface area contributed by atoms with Gasteiger partial charge in [-0.2, -0.15) is 0 Å². The quantitative estimate of drug-likeness (QED) is 0.765. The van der Waals surface area contributed by atoms with E-state index in [1.165, 1.54) is 0 Å². The molecule has 0 aliphatic carbocycles. The minimum atomic E-state index is -0.341. The topological polar surface area (TPSA) is 12.0 Å². The summed E-state index contributed by atoms with van der Waals surface area (Å²) >= 11 is 5.84. The van der Waals surface area contributed by atoms with Crippen molar-refractivity contribution in [2.24, 2.45) is 0 Å². The van der Waals surface area contributed by atoms with Gasteiger partial charge in [0.1, 0.15) is 5.82 Å². The van der Waals surface area contributed by atoms with E-state index >= 15 is 0 Å². The molecular weight excluding hydrogens is 213 g/mol. The van der Waals surface area contributed by atoms with Crippen LogP contribution in [0.15, 0.2) is 12.6 Å². The van der Waals surface area contributed by atoms with Crippen LogP contribution in [0, 0.1) is 5.82 Å². The second kappa shape index (κ2) is 3.86. The Kier molecular flexibility index (Phi) is 2.70. The number of allylic oxidation sites excluding steroid dienone is 1. The molecule has 1 N–H and O–H groups in total. The summed E-state index contributed by atoms with van der Waals surface area (Å²) in [6.07, 6.45) is 1.91. The first-order valence-corrected chi connectivity index (χ1v) is 5.39. The van der Waals surface area contributed by atoms with E-state index in [4.69, 9.17) is 11.6 Å². The molecule has 0 radical (unpaired) electrons. The molecule has 0 atom stereocenters. The Balaban J connectivity index is 2.68. The highest BCUT2D eigenvalue weighted by molar-refractivity contribution is 6.31. The molecule has 0 spiro atoms. The second-order valence-electron chi connectivity index (χ2n) is 3.88. The van der Waals surface area contributed by atoms with Gasteiger partial charge in [-0.25, -0.2) is 4.39 Å². The highest BCUT2D eigenvalue weighted by Crippen LogP contribution is 2.35. The predicted octanol–water partition coefficient (Wildman–Crippen LogP) is 3.87. The van der Waals surface area contributed by atoms with Crippen LogP contribution in [0.2, 0.25) is 5.02 Å². The minimum absolute atomic E-state index is 0.168. The van der Waals surface area contributed by atoms with Crippen LogP contribution < -0.4 is 5.32 Å². The number of fused-ring (bicyclic) bond motifs is 1. The molecule has 1 aliphatic heterocycles. The SMILES string of the molecule is C=C(C)c1c(F)c(Cl)cc2c1CCCN2. The molecule has 1 aromatic rings. The largest absolute Gasteiger partial charge is 0.385 e. The molecule has 0 bridgehead atoms. The van der Waals surface area contributed by atoms with Crippen molar-refractivity contribution in [2.45, 2.75) is 19.8 Å². The van der Waals surface area contributed by atoms with E-state index in [2.05, 4.69) is 11.9 Å². The third-order valence-electron chi connectivity index (χ3n) is 2.67. The summed E-state index contributed by atoms with van der Waals surface area (Å²) in [6, 6.07) is 1.66. The van der Waals surface area contributed by atoms with E-state index in [1.807, 2.05) is 6.92 Å². The third kappa shape index (κ3) is 1.74. The maximum Gasteiger partial charge on any atom is 0.149 e. The maximum atomic E-state index is 13.8. The third-order valence-corrected chi connectivity index (χ3v) is 2.95. The van der Waals surface area contributed by atoms with E-state index in [0.717, 1.165) is 36.2 Å². The normalized spacial score (nSPS) is 14.3. The molecule has 1 nitrogen and oxygen atoms in total. The molecule has 1 aromatic carbocycles. The summed E-state index contributed by atoms with van der Waals surface area (Å²) in [5.41, 5.74) is 3.28. The number of nitrogens with one attached hydrogen (secondary N) is 1. The van der Waals surface area contributed by atoms with Gasteiger partial charge in [0.05, 0.1) is 5.02 Å². The Bertz CT molecular complexity index is 426. The summed E-state index contributed by atoms with van der Waals surface area (Å²) in [7, 11) is 0. The summed E-state index contributed by atoms with van der Waals surface area (Å²) in [6.45, 7) is 6.54. The zero-order valence-corrected chi connectivity index (χ0v) is 9.42. The fraction of sp³-hybridized carbons (Fsp3) is 0.333. The van der Waals surface area contributed by atoms with Gasteiger partial charge in [-0.1, -0.05) is 18.2 Å². The van der Waals surface area contributed by atoms with Gasteiger partial charge in [0, 0.05) is 17.8 Å². The molecule has 15 heavy (non-hydrogen) atoms. The highest BCUT2D eigenvalue weighted by Gasteiger charge is 2.19. The first-order chi connectivity index (χ1) is 7.11. The number of benzene rings is 1. The minimum Gasteiger partial charge on any atom is -0.385 e. The summed E-state index contributed by atoms with van der Waals surface area (Å²) in [4.78, 5) is 0. The Morgan fingerprint density at radius 2 is 2.33 bits per heavy atom. The van der Waals surface area contributed by atoms with Gasteiger partial charge in [0.2, 0.25) is 0 Å². The van der Waals surface area contributed by atoms with Gasteiger partial charge < -0.3 is 5.32 Å². The Labute approximate surface area is 93.9 Å². The standard InChI is InChI=1S/C12H13ClFN/c1-7(2)11-8-4-3-5-15-10(8)6-9(13)12(11)14/h6,15H,1,3-5H2,2H3. The molecule has 0 fully saturated rings. The molecule has 1 aliphatic rings. The molecule has 1 heterocycles. The van der Waals surface area contributed by atoms with Crippen molar-refractivity contribution in [3.8, 4) is 0 Å². The molecule has 80 valence electrons. The van der Waals surface area contributed by atoms with Crippen LogP contribution in [0.25, 0.3) is 5.57 Å². The van der Waals surface area contributed by atoms with Crippen LogP contribution in [-0.2, 0) is 6.42 Å². The van der Waals surface area contributed by atoms with Crippen LogP contribution in [0.5, 0.6) is 0 Å². The molecule has 0 saturated carbocycles. The number of hydrogen-bond donors (Lipinski definition) is 1. The van der Waals surface area contributed by atoms with Crippen LogP contribution in [0.3, 0.4) is 0 Å². The lowest BCUT2D eigenvalue weighted by atomic mass is 9.93. The van der Waals surface area contributed by atoms with Gasteiger partial charge in [0.25, 0.3) is 0 Å². The van der Waals surface area contributed by atoms with Crippen molar-refractivity contribution in [1.29, 1.82) is 0 Å². The fourth-order valence-corrected chi connectivity index (χ4v) is 2.22. The molecule has 0 amide bonds. The number of anilines is 1. The lowest BCUT2D eigenvalue weighted by molar-refractivity contribution is 0.620. The molecule has 0 saturated heterocycles. The smallest absolute Gasteiger partial charge is 0.149 e. The predicted molar refractivity (Wildman–Crippen MR) is 62.9 cm³/mol. The average molecular weight is 226 g/mol. The van der Waals surface area contributed by atoms with Crippen LogP contribution in [0.4, 0.5) is 10.1 Å². The fourth-order valence-electron chi connectivity index (χ4n) is 2.01. The maximum absolute atomic E-state index is 13.8. The van der Waals surface area contributed by atoms with E-state index in [1.54, 1.807) is 6.07 Å². The lowest BCUT2D eigenvalue weighted by Gasteiger charge is -2.22. The van der Waals surface area contributed by atoms with Gasteiger partial charge >= 0.3 is 0 Å². The number of rotatable bonds is 1. The van der Waals surface area contributed by atoms with E-state index in [9.17, 15) is 4.39 Å². The van der Waals surface area contributed by atoms with Gasteiger partial charge in [-0.15, -0.1) is 0 Å². The molecule has 2 rings (SSSR count). The van der Waals surface area contributed by atoms with Gasteiger partial charge in [0.15, 0.2) is 0 Å². The number of halogens is 2. The summed E-state index contributed by atoms with van der Waals surface area (Å²) in [5, 5.41) is 3.40. The van der Waals surface area contributed by atoms with E-state index in [0.29, 0.717) is 5.56 Å². The monoisotopic (exact) mass is 225 g/mol. The van der Waals surface area contributed by atoms with Crippen LogP contribution in [0.1, 0.15) is 24.5 Å². The first kappa shape index (κ1) is 10.5. The molecule has 3 heteroatoms.